The van der Waals surface area contributed by atoms with Gasteiger partial charge in [-0.15, -0.1) is 0 Å². The highest BCUT2D eigenvalue weighted by Crippen LogP contribution is 2.34. The largest absolute Gasteiger partial charge is 0.382 e. The van der Waals surface area contributed by atoms with Crippen molar-refractivity contribution in [3.63, 3.8) is 0 Å². The summed E-state index contributed by atoms with van der Waals surface area (Å²) in [7, 11) is 3.97. The molecule has 0 saturated carbocycles. The minimum Gasteiger partial charge on any atom is -0.382 e. The number of nitrogens with one attached hydrogen (secondary N) is 1. The van der Waals surface area contributed by atoms with E-state index in [9.17, 15) is 0 Å². The fraction of sp³-hybridized carbons (Fsp3) is 0.556. The Hall–Kier alpha value is -0.480. The molecule has 1 rings (SSSR count). The van der Waals surface area contributed by atoms with E-state index < -0.39 is 0 Å². The highest BCUT2D eigenvalue weighted by atomic mass is 32.1. The number of hydrogen-bond donors (Lipinski definition) is 1. The van der Waals surface area contributed by atoms with E-state index in [1.165, 1.54) is 0 Å². The van der Waals surface area contributed by atoms with Crippen LogP contribution in [0.5, 0.6) is 0 Å². The number of hydrogen-bond acceptors (Lipinski definition) is 4. The van der Waals surface area contributed by atoms with Crippen LogP contribution >= 0.6 is 24.4 Å². The third-order valence-corrected chi connectivity index (χ3v) is 2.82. The lowest BCUT2D eigenvalue weighted by molar-refractivity contribution is 0.972. The average Bonchev–Trinajstić information content (AvgIpc) is 2.09. The standard InChI is InChI=1S/C9H14N2S2/c1-4-5-10-6-7(11(2)3)9(13)8(6)12/h10H,4-5H2,1-3H3. The van der Waals surface area contributed by atoms with Crippen LogP contribution in [-0.2, 0) is 0 Å². The van der Waals surface area contributed by atoms with E-state index in [2.05, 4.69) is 12.2 Å². The van der Waals surface area contributed by atoms with Crippen LogP contribution in [0.1, 0.15) is 13.3 Å². The Morgan fingerprint density at radius 2 is 1.85 bits per heavy atom. The molecule has 0 amide bonds. The molecule has 0 aliphatic rings. The first-order chi connectivity index (χ1) is 6.09. The molecule has 1 N–H and O–H groups in total. The Bertz CT molecular complexity index is 361. The van der Waals surface area contributed by atoms with Gasteiger partial charge in [-0.25, -0.2) is 0 Å². The summed E-state index contributed by atoms with van der Waals surface area (Å²) in [5.41, 5.74) is 2.13. The van der Waals surface area contributed by atoms with Gasteiger partial charge >= 0.3 is 0 Å². The molecule has 0 bridgehead atoms. The summed E-state index contributed by atoms with van der Waals surface area (Å²) in [6.45, 7) is 3.08. The van der Waals surface area contributed by atoms with Gasteiger partial charge in [0.15, 0.2) is 0 Å². The maximum absolute atomic E-state index is 5.15. The molecule has 0 atom stereocenters. The Morgan fingerprint density at radius 3 is 2.31 bits per heavy atom. The van der Waals surface area contributed by atoms with Crippen molar-refractivity contribution in [3.05, 3.63) is 9.02 Å². The maximum atomic E-state index is 5.15. The van der Waals surface area contributed by atoms with E-state index in [0.717, 1.165) is 33.4 Å². The van der Waals surface area contributed by atoms with Gasteiger partial charge in [-0.3, -0.25) is 0 Å². The summed E-state index contributed by atoms with van der Waals surface area (Å²) in [4.78, 5) is 2.01. The van der Waals surface area contributed by atoms with Crippen LogP contribution in [0.2, 0.25) is 0 Å². The molecule has 0 aliphatic carbocycles. The molecule has 0 spiro atoms. The van der Waals surface area contributed by atoms with Crippen molar-refractivity contribution >= 4 is 35.8 Å². The fourth-order valence-electron chi connectivity index (χ4n) is 1.22. The minimum absolute atomic E-state index is 0.812. The van der Waals surface area contributed by atoms with Gasteiger partial charge < -0.3 is 10.2 Å². The van der Waals surface area contributed by atoms with Crippen LogP contribution in [0.25, 0.3) is 0 Å². The zero-order valence-electron chi connectivity index (χ0n) is 8.18. The highest BCUT2D eigenvalue weighted by molar-refractivity contribution is 7.74. The normalized spacial score (nSPS) is 10.4. The van der Waals surface area contributed by atoms with Crippen molar-refractivity contribution in [1.29, 1.82) is 0 Å². The van der Waals surface area contributed by atoms with Crippen LogP contribution in [-0.4, -0.2) is 20.6 Å². The average molecular weight is 214 g/mol. The van der Waals surface area contributed by atoms with Gasteiger partial charge in [0.25, 0.3) is 0 Å². The summed E-state index contributed by atoms with van der Waals surface area (Å²) >= 11 is 10.3. The van der Waals surface area contributed by atoms with Crippen LogP contribution < -0.4 is 10.2 Å². The van der Waals surface area contributed by atoms with Gasteiger partial charge in [0, 0.05) is 20.6 Å². The summed E-state index contributed by atoms with van der Waals surface area (Å²) in [5.74, 6) is 0. The summed E-state index contributed by atoms with van der Waals surface area (Å²) in [5, 5.41) is 3.29. The van der Waals surface area contributed by atoms with Crippen LogP contribution in [0.15, 0.2) is 0 Å². The second-order valence-corrected chi connectivity index (χ2v) is 4.02. The lowest BCUT2D eigenvalue weighted by atomic mass is 10.2. The smallest absolute Gasteiger partial charge is 0.0834 e. The van der Waals surface area contributed by atoms with E-state index in [0.29, 0.717) is 0 Å². The van der Waals surface area contributed by atoms with Crippen molar-refractivity contribution in [1.82, 2.24) is 0 Å². The number of nitrogens with zero attached hydrogens (tertiary/aromatic N) is 1. The Morgan fingerprint density at radius 1 is 1.23 bits per heavy atom. The van der Waals surface area contributed by atoms with Crippen molar-refractivity contribution < 1.29 is 0 Å². The van der Waals surface area contributed by atoms with Crippen molar-refractivity contribution in [2.75, 3.05) is 30.9 Å². The summed E-state index contributed by atoms with van der Waals surface area (Å²) in [6.07, 6.45) is 1.10. The van der Waals surface area contributed by atoms with Crippen molar-refractivity contribution in [2.45, 2.75) is 13.3 Å². The third kappa shape index (κ3) is 1.89. The molecule has 0 aromatic heterocycles. The van der Waals surface area contributed by atoms with Crippen LogP contribution in [0.3, 0.4) is 0 Å². The lowest BCUT2D eigenvalue weighted by Gasteiger charge is -2.21. The number of anilines is 2. The fourth-order valence-corrected chi connectivity index (χ4v) is 1.87. The zero-order valence-corrected chi connectivity index (χ0v) is 9.81. The first-order valence-corrected chi connectivity index (χ1v) is 5.15. The predicted molar refractivity (Wildman–Crippen MR) is 63.6 cm³/mol. The Labute approximate surface area is 89.3 Å². The first kappa shape index (κ1) is 10.6. The number of rotatable bonds is 4. The summed E-state index contributed by atoms with van der Waals surface area (Å²) in [6, 6.07) is 0. The van der Waals surface area contributed by atoms with Gasteiger partial charge in [0.2, 0.25) is 0 Å². The lowest BCUT2D eigenvalue weighted by Crippen LogP contribution is -2.16. The third-order valence-electron chi connectivity index (χ3n) is 1.88. The van der Waals surface area contributed by atoms with Gasteiger partial charge in [0.05, 0.1) is 20.4 Å². The molecule has 0 unspecified atom stereocenters. The molecule has 72 valence electrons. The monoisotopic (exact) mass is 214 g/mol. The van der Waals surface area contributed by atoms with Crippen molar-refractivity contribution in [2.24, 2.45) is 0 Å². The van der Waals surface area contributed by atoms with E-state index in [1.54, 1.807) is 0 Å². The van der Waals surface area contributed by atoms with Crippen LogP contribution in [0, 0.1) is 9.02 Å². The molecule has 4 heteroatoms. The predicted octanol–water partition coefficient (Wildman–Crippen LogP) is 2.91. The van der Waals surface area contributed by atoms with E-state index in [-0.39, 0.29) is 0 Å². The minimum atomic E-state index is 0.812. The Kier molecular flexibility index (Phi) is 3.39. The van der Waals surface area contributed by atoms with E-state index in [1.807, 2.05) is 19.0 Å². The second kappa shape index (κ2) is 4.15. The molecule has 0 heterocycles. The van der Waals surface area contributed by atoms with E-state index in [4.69, 9.17) is 24.4 Å². The van der Waals surface area contributed by atoms with Gasteiger partial charge in [-0.1, -0.05) is 31.4 Å². The van der Waals surface area contributed by atoms with E-state index >= 15 is 0 Å². The molecule has 0 saturated heterocycles. The second-order valence-electron chi connectivity index (χ2n) is 3.20. The van der Waals surface area contributed by atoms with Crippen LogP contribution in [0.4, 0.5) is 11.4 Å². The molecular formula is C9H14N2S2. The first-order valence-electron chi connectivity index (χ1n) is 4.34. The molecule has 0 fully saturated rings. The van der Waals surface area contributed by atoms with Gasteiger partial charge in [-0.2, -0.15) is 0 Å². The Balaban J connectivity index is 2.89. The zero-order chi connectivity index (χ0) is 10.0. The highest BCUT2D eigenvalue weighted by Gasteiger charge is 2.15. The van der Waals surface area contributed by atoms with Crippen molar-refractivity contribution in [3.8, 4) is 0 Å². The van der Waals surface area contributed by atoms with Gasteiger partial charge in [0.1, 0.15) is 0 Å². The quantitative estimate of drug-likeness (QED) is 0.775. The van der Waals surface area contributed by atoms with Gasteiger partial charge in [-0.05, 0) is 6.42 Å². The maximum Gasteiger partial charge on any atom is 0.0834 e. The molecule has 0 aliphatic heterocycles. The summed E-state index contributed by atoms with van der Waals surface area (Å²) < 4.78 is 1.63. The molecule has 0 radical (unpaired) electrons. The molecule has 2 nitrogen and oxygen atoms in total. The molecular weight excluding hydrogens is 200 g/mol. The molecule has 13 heavy (non-hydrogen) atoms. The molecule has 1 aromatic rings. The topological polar surface area (TPSA) is 15.3 Å². The SMILES string of the molecule is CCCNc1c(N(C)C)c(=S)c1=S. The molecule has 1 aromatic carbocycles.